The van der Waals surface area contributed by atoms with Crippen molar-refractivity contribution in [3.8, 4) is 22.6 Å². The summed E-state index contributed by atoms with van der Waals surface area (Å²) >= 11 is 6.27. The minimum Gasteiger partial charge on any atom is -0.508 e. The summed E-state index contributed by atoms with van der Waals surface area (Å²) in [5.41, 5.74) is 1.23. The Hall–Kier alpha value is -2.54. The molecule has 146 valence electrons. The standard InChI is InChI=1S/C21H20ClNO5/c22-18-4-1-14(11-20(18)27-10-7-23-5-8-26-9-6-23)17-13-28-19-12-15(24)2-3-16(19)21(17)25/h1-4,11-13,24H,5-10H2. The van der Waals surface area contributed by atoms with Crippen LogP contribution in [0.5, 0.6) is 11.5 Å². The number of morpholine rings is 1. The zero-order valence-corrected chi connectivity index (χ0v) is 15.9. The van der Waals surface area contributed by atoms with Crippen LogP contribution in [0.2, 0.25) is 5.02 Å². The molecule has 0 unspecified atom stereocenters. The largest absolute Gasteiger partial charge is 0.508 e. The van der Waals surface area contributed by atoms with Crippen molar-refractivity contribution in [1.82, 2.24) is 4.90 Å². The van der Waals surface area contributed by atoms with Gasteiger partial charge >= 0.3 is 0 Å². The van der Waals surface area contributed by atoms with E-state index in [1.807, 2.05) is 0 Å². The summed E-state index contributed by atoms with van der Waals surface area (Å²) in [6, 6.07) is 9.65. The fourth-order valence-corrected chi connectivity index (χ4v) is 3.38. The number of phenols is 1. The molecule has 0 atom stereocenters. The molecule has 1 fully saturated rings. The third-order valence-electron chi connectivity index (χ3n) is 4.77. The van der Waals surface area contributed by atoms with Crippen LogP contribution in [0.1, 0.15) is 0 Å². The number of hydrogen-bond donors (Lipinski definition) is 1. The molecule has 0 bridgehead atoms. The summed E-state index contributed by atoms with van der Waals surface area (Å²) in [6.45, 7) is 4.55. The molecule has 0 radical (unpaired) electrons. The van der Waals surface area contributed by atoms with Crippen LogP contribution in [0, 0.1) is 0 Å². The van der Waals surface area contributed by atoms with Gasteiger partial charge < -0.3 is 19.0 Å². The molecular weight excluding hydrogens is 382 g/mol. The summed E-state index contributed by atoms with van der Waals surface area (Å²) in [6.07, 6.45) is 1.39. The Balaban J connectivity index is 1.56. The Morgan fingerprint density at radius 3 is 2.79 bits per heavy atom. The lowest BCUT2D eigenvalue weighted by molar-refractivity contribution is 0.0322. The van der Waals surface area contributed by atoms with E-state index in [9.17, 15) is 9.90 Å². The lowest BCUT2D eigenvalue weighted by Crippen LogP contribution is -2.38. The first-order chi connectivity index (χ1) is 13.6. The number of aromatic hydroxyl groups is 1. The minimum atomic E-state index is -0.178. The highest BCUT2D eigenvalue weighted by molar-refractivity contribution is 6.32. The number of hydrogen-bond acceptors (Lipinski definition) is 6. The highest BCUT2D eigenvalue weighted by Gasteiger charge is 2.13. The third kappa shape index (κ3) is 3.99. The second-order valence-corrected chi connectivity index (χ2v) is 7.01. The van der Waals surface area contributed by atoms with Gasteiger partial charge in [0.15, 0.2) is 5.43 Å². The van der Waals surface area contributed by atoms with E-state index in [1.54, 1.807) is 24.3 Å². The molecule has 2 aromatic carbocycles. The number of rotatable bonds is 5. The first-order valence-electron chi connectivity index (χ1n) is 9.09. The van der Waals surface area contributed by atoms with Crippen LogP contribution < -0.4 is 10.2 Å². The molecule has 7 heteroatoms. The van der Waals surface area contributed by atoms with E-state index in [-0.39, 0.29) is 11.2 Å². The monoisotopic (exact) mass is 401 g/mol. The maximum absolute atomic E-state index is 12.8. The van der Waals surface area contributed by atoms with Gasteiger partial charge in [-0.25, -0.2) is 0 Å². The SMILES string of the molecule is O=c1c(-c2ccc(Cl)c(OCCN3CCOCC3)c2)coc2cc(O)ccc12. The Kier molecular flexibility index (Phi) is 5.52. The van der Waals surface area contributed by atoms with Gasteiger partial charge in [-0.15, -0.1) is 0 Å². The highest BCUT2D eigenvalue weighted by Crippen LogP contribution is 2.30. The molecule has 28 heavy (non-hydrogen) atoms. The lowest BCUT2D eigenvalue weighted by atomic mass is 10.1. The van der Waals surface area contributed by atoms with Crippen LogP contribution in [-0.2, 0) is 4.74 Å². The quantitative estimate of drug-likeness (QED) is 0.705. The molecule has 1 saturated heterocycles. The molecule has 2 heterocycles. The van der Waals surface area contributed by atoms with E-state index in [4.69, 9.17) is 25.5 Å². The van der Waals surface area contributed by atoms with E-state index >= 15 is 0 Å². The molecule has 0 saturated carbocycles. The van der Waals surface area contributed by atoms with E-state index in [0.29, 0.717) is 39.5 Å². The molecule has 0 spiro atoms. The second kappa shape index (κ2) is 8.22. The van der Waals surface area contributed by atoms with Gasteiger partial charge in [-0.2, -0.15) is 0 Å². The van der Waals surface area contributed by atoms with Crippen LogP contribution >= 0.6 is 11.6 Å². The first-order valence-corrected chi connectivity index (χ1v) is 9.47. The summed E-state index contributed by atoms with van der Waals surface area (Å²) in [5.74, 6) is 0.573. The van der Waals surface area contributed by atoms with E-state index in [2.05, 4.69) is 4.90 Å². The minimum absolute atomic E-state index is 0.0471. The zero-order chi connectivity index (χ0) is 19.5. The second-order valence-electron chi connectivity index (χ2n) is 6.61. The molecule has 0 amide bonds. The van der Waals surface area contributed by atoms with Crippen molar-refractivity contribution in [2.24, 2.45) is 0 Å². The summed E-state index contributed by atoms with van der Waals surface area (Å²) in [7, 11) is 0. The maximum Gasteiger partial charge on any atom is 0.200 e. The van der Waals surface area contributed by atoms with Gasteiger partial charge in [-0.05, 0) is 29.8 Å². The van der Waals surface area contributed by atoms with E-state index < -0.39 is 0 Å². The average Bonchev–Trinajstić information content (AvgIpc) is 2.70. The van der Waals surface area contributed by atoms with Gasteiger partial charge in [0.25, 0.3) is 0 Å². The average molecular weight is 402 g/mol. The number of nitrogens with zero attached hydrogens (tertiary/aromatic N) is 1. The van der Waals surface area contributed by atoms with Crippen LogP contribution in [0.25, 0.3) is 22.1 Å². The van der Waals surface area contributed by atoms with Crippen molar-refractivity contribution >= 4 is 22.6 Å². The highest BCUT2D eigenvalue weighted by atomic mass is 35.5. The molecule has 3 aromatic rings. The van der Waals surface area contributed by atoms with Crippen molar-refractivity contribution in [2.75, 3.05) is 39.5 Å². The van der Waals surface area contributed by atoms with Crippen molar-refractivity contribution in [2.45, 2.75) is 0 Å². The Morgan fingerprint density at radius 1 is 1.14 bits per heavy atom. The van der Waals surface area contributed by atoms with Crippen molar-refractivity contribution in [3.63, 3.8) is 0 Å². The van der Waals surface area contributed by atoms with Gasteiger partial charge in [0.1, 0.15) is 30.0 Å². The smallest absolute Gasteiger partial charge is 0.200 e. The predicted molar refractivity (Wildman–Crippen MR) is 107 cm³/mol. The fraction of sp³-hybridized carbons (Fsp3) is 0.286. The number of fused-ring (bicyclic) bond motifs is 1. The normalized spacial score (nSPS) is 15.0. The first kappa shape index (κ1) is 18.8. The Labute approximate surface area is 166 Å². The predicted octanol–water partition coefficient (Wildman–Crippen LogP) is 3.53. The van der Waals surface area contributed by atoms with Crippen molar-refractivity contribution in [1.29, 1.82) is 0 Å². The molecule has 1 aliphatic heterocycles. The Bertz CT molecular complexity index is 1040. The fourth-order valence-electron chi connectivity index (χ4n) is 3.21. The van der Waals surface area contributed by atoms with Crippen molar-refractivity contribution in [3.05, 3.63) is 57.9 Å². The van der Waals surface area contributed by atoms with E-state index in [0.717, 1.165) is 32.8 Å². The van der Waals surface area contributed by atoms with Crippen LogP contribution in [0.4, 0.5) is 0 Å². The summed E-state index contributed by atoms with van der Waals surface area (Å²) < 4.78 is 16.7. The summed E-state index contributed by atoms with van der Waals surface area (Å²) in [5, 5.41) is 10.4. The molecule has 6 nitrogen and oxygen atoms in total. The number of phenolic OH excluding ortho intramolecular Hbond substituents is 1. The molecule has 1 aliphatic rings. The topological polar surface area (TPSA) is 72.1 Å². The van der Waals surface area contributed by atoms with Crippen LogP contribution in [0.3, 0.4) is 0 Å². The van der Waals surface area contributed by atoms with E-state index in [1.165, 1.54) is 18.4 Å². The van der Waals surface area contributed by atoms with Crippen molar-refractivity contribution < 1.29 is 19.0 Å². The number of benzene rings is 2. The molecule has 4 rings (SSSR count). The van der Waals surface area contributed by atoms with Crippen LogP contribution in [0.15, 0.2) is 51.9 Å². The number of ether oxygens (including phenoxy) is 2. The molecule has 1 aromatic heterocycles. The molecule has 1 N–H and O–H groups in total. The molecule has 0 aliphatic carbocycles. The van der Waals surface area contributed by atoms with Gasteiger partial charge in [-0.3, -0.25) is 9.69 Å². The summed E-state index contributed by atoms with van der Waals surface area (Å²) in [4.78, 5) is 15.1. The number of halogens is 1. The van der Waals surface area contributed by atoms with Gasteiger partial charge in [0.05, 0.1) is 29.2 Å². The van der Waals surface area contributed by atoms with Gasteiger partial charge in [0, 0.05) is 25.7 Å². The molecular formula is C21H20ClNO5. The van der Waals surface area contributed by atoms with Gasteiger partial charge in [-0.1, -0.05) is 17.7 Å². The lowest BCUT2D eigenvalue weighted by Gasteiger charge is -2.26. The third-order valence-corrected chi connectivity index (χ3v) is 5.08. The van der Waals surface area contributed by atoms with Gasteiger partial charge in [0.2, 0.25) is 0 Å². The van der Waals surface area contributed by atoms with Crippen LogP contribution in [-0.4, -0.2) is 49.5 Å². The Morgan fingerprint density at radius 2 is 1.96 bits per heavy atom. The maximum atomic E-state index is 12.8. The zero-order valence-electron chi connectivity index (χ0n) is 15.2.